The van der Waals surface area contributed by atoms with Gasteiger partial charge in [-0.25, -0.2) is 0 Å². The van der Waals surface area contributed by atoms with Crippen LogP contribution in [-0.2, 0) is 15.9 Å². The van der Waals surface area contributed by atoms with Crippen molar-refractivity contribution >= 4 is 0 Å². The predicted octanol–water partition coefficient (Wildman–Crippen LogP) is 2.29. The first-order valence-corrected chi connectivity index (χ1v) is 7.27. The Morgan fingerprint density at radius 3 is 2.40 bits per heavy atom. The summed E-state index contributed by atoms with van der Waals surface area (Å²) in [6.07, 6.45) is 3.54. The number of ether oxygens (including phenoxy) is 3. The molecule has 0 radical (unpaired) electrons. The van der Waals surface area contributed by atoms with Gasteiger partial charge in [0.25, 0.3) is 0 Å². The summed E-state index contributed by atoms with van der Waals surface area (Å²) in [4.78, 5) is 0. The molecule has 4 heteroatoms. The van der Waals surface area contributed by atoms with Crippen molar-refractivity contribution in [2.45, 2.75) is 43.5 Å². The van der Waals surface area contributed by atoms with Crippen molar-refractivity contribution in [3.8, 4) is 5.75 Å². The maximum Gasteiger partial charge on any atom is 0.168 e. The molecule has 0 aromatic heterocycles. The SMILES string of the molecule is COc1ccccc1CC1(O)CCC2(CC1)OCCO2. The second-order valence-corrected chi connectivity index (χ2v) is 5.82. The smallest absolute Gasteiger partial charge is 0.168 e. The maximum absolute atomic E-state index is 10.8. The first kappa shape index (κ1) is 13.9. The van der Waals surface area contributed by atoms with E-state index < -0.39 is 11.4 Å². The molecule has 1 aromatic rings. The summed E-state index contributed by atoms with van der Waals surface area (Å²) >= 11 is 0. The summed E-state index contributed by atoms with van der Waals surface area (Å²) in [6, 6.07) is 7.88. The Hall–Kier alpha value is -1.10. The lowest BCUT2D eigenvalue weighted by molar-refractivity contribution is -0.202. The van der Waals surface area contributed by atoms with E-state index in [0.29, 0.717) is 32.5 Å². The fourth-order valence-electron chi connectivity index (χ4n) is 3.26. The second-order valence-electron chi connectivity index (χ2n) is 5.82. The molecule has 1 saturated heterocycles. The van der Waals surface area contributed by atoms with E-state index in [1.807, 2.05) is 24.3 Å². The van der Waals surface area contributed by atoms with Gasteiger partial charge >= 0.3 is 0 Å². The van der Waals surface area contributed by atoms with Crippen molar-refractivity contribution in [1.82, 2.24) is 0 Å². The van der Waals surface area contributed by atoms with Gasteiger partial charge in [-0.15, -0.1) is 0 Å². The van der Waals surface area contributed by atoms with Crippen LogP contribution in [0.2, 0.25) is 0 Å². The van der Waals surface area contributed by atoms with E-state index in [1.165, 1.54) is 0 Å². The van der Waals surface area contributed by atoms with Gasteiger partial charge in [0.2, 0.25) is 0 Å². The third kappa shape index (κ3) is 2.68. The average Bonchev–Trinajstić information content (AvgIpc) is 2.92. The maximum atomic E-state index is 10.8. The van der Waals surface area contributed by atoms with Gasteiger partial charge in [-0.3, -0.25) is 0 Å². The van der Waals surface area contributed by atoms with E-state index in [1.54, 1.807) is 7.11 Å². The van der Waals surface area contributed by atoms with Crippen LogP contribution in [0.3, 0.4) is 0 Å². The highest BCUT2D eigenvalue weighted by atomic mass is 16.7. The molecule has 3 rings (SSSR count). The zero-order chi connectivity index (χ0) is 14.1. The van der Waals surface area contributed by atoms with Gasteiger partial charge < -0.3 is 19.3 Å². The van der Waals surface area contributed by atoms with Crippen LogP contribution >= 0.6 is 0 Å². The Balaban J connectivity index is 1.68. The topological polar surface area (TPSA) is 47.9 Å². The lowest BCUT2D eigenvalue weighted by atomic mass is 9.77. The van der Waals surface area contributed by atoms with Crippen molar-refractivity contribution < 1.29 is 19.3 Å². The summed E-state index contributed by atoms with van der Waals surface area (Å²) < 4.78 is 16.8. The zero-order valence-corrected chi connectivity index (χ0v) is 11.9. The molecule has 2 fully saturated rings. The van der Waals surface area contributed by atoms with Crippen molar-refractivity contribution in [3.63, 3.8) is 0 Å². The second kappa shape index (κ2) is 5.35. The lowest BCUT2D eigenvalue weighted by Crippen LogP contribution is -2.44. The Labute approximate surface area is 119 Å². The van der Waals surface area contributed by atoms with Gasteiger partial charge in [-0.2, -0.15) is 0 Å². The molecule has 1 spiro atoms. The minimum absolute atomic E-state index is 0.424. The molecule has 1 heterocycles. The van der Waals surface area contributed by atoms with E-state index in [4.69, 9.17) is 14.2 Å². The Morgan fingerprint density at radius 1 is 1.10 bits per heavy atom. The molecule has 1 saturated carbocycles. The van der Waals surface area contributed by atoms with E-state index in [0.717, 1.165) is 24.2 Å². The molecule has 1 aliphatic carbocycles. The summed E-state index contributed by atoms with van der Waals surface area (Å²) in [6.45, 7) is 1.34. The number of methoxy groups -OCH3 is 1. The summed E-state index contributed by atoms with van der Waals surface area (Å²) in [5, 5.41) is 10.8. The van der Waals surface area contributed by atoms with Gasteiger partial charge in [0.05, 0.1) is 25.9 Å². The van der Waals surface area contributed by atoms with Gasteiger partial charge in [0.1, 0.15) is 5.75 Å². The van der Waals surface area contributed by atoms with E-state index in [9.17, 15) is 5.11 Å². The lowest BCUT2D eigenvalue weighted by Gasteiger charge is -2.40. The van der Waals surface area contributed by atoms with Crippen LogP contribution in [0.4, 0.5) is 0 Å². The first-order chi connectivity index (χ1) is 9.65. The van der Waals surface area contributed by atoms with Crippen molar-refractivity contribution in [2.75, 3.05) is 20.3 Å². The number of rotatable bonds is 3. The number of hydrogen-bond donors (Lipinski definition) is 1. The van der Waals surface area contributed by atoms with Gasteiger partial charge in [-0.05, 0) is 24.5 Å². The van der Waals surface area contributed by atoms with Crippen molar-refractivity contribution in [2.24, 2.45) is 0 Å². The quantitative estimate of drug-likeness (QED) is 0.921. The summed E-state index contributed by atoms with van der Waals surface area (Å²) in [7, 11) is 1.67. The van der Waals surface area contributed by atoms with Gasteiger partial charge in [-0.1, -0.05) is 18.2 Å². The van der Waals surface area contributed by atoms with Gasteiger partial charge in [0, 0.05) is 19.3 Å². The molecule has 0 amide bonds. The Morgan fingerprint density at radius 2 is 1.75 bits per heavy atom. The zero-order valence-electron chi connectivity index (χ0n) is 11.9. The third-order valence-corrected chi connectivity index (χ3v) is 4.47. The third-order valence-electron chi connectivity index (χ3n) is 4.47. The molecule has 4 nitrogen and oxygen atoms in total. The molecule has 0 atom stereocenters. The Kier molecular flexibility index (Phi) is 3.71. The first-order valence-electron chi connectivity index (χ1n) is 7.27. The van der Waals surface area contributed by atoms with Crippen LogP contribution in [0.15, 0.2) is 24.3 Å². The predicted molar refractivity (Wildman–Crippen MR) is 74.8 cm³/mol. The van der Waals surface area contributed by atoms with E-state index >= 15 is 0 Å². The minimum Gasteiger partial charge on any atom is -0.496 e. The molecular weight excluding hydrogens is 256 g/mol. The Bertz CT molecular complexity index is 455. The van der Waals surface area contributed by atoms with Crippen LogP contribution in [-0.4, -0.2) is 36.8 Å². The fraction of sp³-hybridized carbons (Fsp3) is 0.625. The normalized spacial score (nSPS) is 23.9. The molecule has 2 aliphatic rings. The van der Waals surface area contributed by atoms with Crippen LogP contribution in [0.1, 0.15) is 31.2 Å². The molecule has 1 aliphatic heterocycles. The van der Waals surface area contributed by atoms with E-state index in [2.05, 4.69) is 0 Å². The number of aliphatic hydroxyl groups is 1. The van der Waals surface area contributed by atoms with Gasteiger partial charge in [0.15, 0.2) is 5.79 Å². The fourth-order valence-corrected chi connectivity index (χ4v) is 3.26. The minimum atomic E-state index is -0.685. The molecule has 1 N–H and O–H groups in total. The van der Waals surface area contributed by atoms with Crippen LogP contribution in [0.5, 0.6) is 5.75 Å². The van der Waals surface area contributed by atoms with Crippen molar-refractivity contribution in [1.29, 1.82) is 0 Å². The van der Waals surface area contributed by atoms with Crippen LogP contribution < -0.4 is 4.74 Å². The highest BCUT2D eigenvalue weighted by Crippen LogP contribution is 2.42. The van der Waals surface area contributed by atoms with Crippen LogP contribution in [0.25, 0.3) is 0 Å². The number of benzene rings is 1. The van der Waals surface area contributed by atoms with Crippen LogP contribution in [0, 0.1) is 0 Å². The largest absolute Gasteiger partial charge is 0.496 e. The monoisotopic (exact) mass is 278 g/mol. The molecule has 1 aromatic carbocycles. The molecule has 0 unspecified atom stereocenters. The summed E-state index contributed by atoms with van der Waals surface area (Å²) in [5.41, 5.74) is 0.372. The molecule has 20 heavy (non-hydrogen) atoms. The highest BCUT2D eigenvalue weighted by Gasteiger charge is 2.45. The van der Waals surface area contributed by atoms with E-state index in [-0.39, 0.29) is 0 Å². The number of para-hydroxylation sites is 1. The molecular formula is C16H22O4. The molecule has 110 valence electrons. The van der Waals surface area contributed by atoms with Crippen molar-refractivity contribution in [3.05, 3.63) is 29.8 Å². The number of hydrogen-bond acceptors (Lipinski definition) is 4. The summed E-state index contributed by atoms with van der Waals surface area (Å²) in [5.74, 6) is 0.419. The highest BCUT2D eigenvalue weighted by molar-refractivity contribution is 5.34. The standard InChI is InChI=1S/C16H22O4/c1-18-14-5-3-2-4-13(14)12-15(17)6-8-16(9-7-15)19-10-11-20-16/h2-5,17H,6-12H2,1H3. The molecule has 0 bridgehead atoms. The average molecular weight is 278 g/mol.